The molecule has 0 saturated carbocycles. The first-order valence-corrected chi connectivity index (χ1v) is 5.53. The second kappa shape index (κ2) is 4.51. The van der Waals surface area contributed by atoms with E-state index in [1.807, 2.05) is 0 Å². The third-order valence-electron chi connectivity index (χ3n) is 1.74. The van der Waals surface area contributed by atoms with Crippen molar-refractivity contribution in [1.29, 1.82) is 0 Å². The van der Waals surface area contributed by atoms with E-state index in [0.717, 1.165) is 0 Å². The SMILES string of the molecule is O=C(O)c1cccc(Oc2nc(Cl)cs2)c1. The Morgan fingerprint density at radius 1 is 1.50 bits per heavy atom. The van der Waals surface area contributed by atoms with Gasteiger partial charge in [0.05, 0.1) is 5.56 Å². The predicted octanol–water partition coefficient (Wildman–Crippen LogP) is 3.29. The summed E-state index contributed by atoms with van der Waals surface area (Å²) < 4.78 is 5.35. The minimum atomic E-state index is -0.998. The third kappa shape index (κ3) is 2.50. The molecule has 2 rings (SSSR count). The Morgan fingerprint density at radius 2 is 2.31 bits per heavy atom. The van der Waals surface area contributed by atoms with Crippen LogP contribution in [-0.2, 0) is 0 Å². The molecule has 1 N–H and O–H groups in total. The number of hydrogen-bond acceptors (Lipinski definition) is 4. The molecule has 0 radical (unpaired) electrons. The molecule has 2 aromatic rings. The smallest absolute Gasteiger partial charge is 0.335 e. The van der Waals surface area contributed by atoms with Crippen molar-refractivity contribution in [3.05, 3.63) is 40.4 Å². The highest BCUT2D eigenvalue weighted by Gasteiger charge is 2.06. The first-order valence-electron chi connectivity index (χ1n) is 4.27. The molecule has 1 aromatic carbocycles. The maximum absolute atomic E-state index is 10.7. The summed E-state index contributed by atoms with van der Waals surface area (Å²) in [5.74, 6) is -0.575. The quantitative estimate of drug-likeness (QED) is 0.914. The minimum Gasteiger partial charge on any atom is -0.478 e. The third-order valence-corrected chi connectivity index (χ3v) is 2.78. The van der Waals surface area contributed by atoms with Gasteiger partial charge in [-0.1, -0.05) is 29.0 Å². The normalized spacial score (nSPS) is 10.1. The molecule has 0 aliphatic rings. The van der Waals surface area contributed by atoms with E-state index >= 15 is 0 Å². The van der Waals surface area contributed by atoms with Crippen molar-refractivity contribution in [3.8, 4) is 10.9 Å². The van der Waals surface area contributed by atoms with Gasteiger partial charge in [-0.3, -0.25) is 0 Å². The molecule has 0 bridgehead atoms. The lowest BCUT2D eigenvalue weighted by Gasteiger charge is -2.01. The summed E-state index contributed by atoms with van der Waals surface area (Å²) >= 11 is 6.88. The molecule has 0 spiro atoms. The zero-order valence-corrected chi connectivity index (χ0v) is 9.46. The molecule has 1 aromatic heterocycles. The van der Waals surface area contributed by atoms with Crippen molar-refractivity contribution >= 4 is 28.9 Å². The molecular weight excluding hydrogens is 250 g/mol. The van der Waals surface area contributed by atoms with Crippen LogP contribution < -0.4 is 4.74 Å². The summed E-state index contributed by atoms with van der Waals surface area (Å²) in [6.07, 6.45) is 0. The number of carboxylic acids is 1. The average molecular weight is 256 g/mol. The van der Waals surface area contributed by atoms with Crippen molar-refractivity contribution in [1.82, 2.24) is 4.98 Å². The summed E-state index contributed by atoms with van der Waals surface area (Å²) in [5, 5.41) is 11.2. The Balaban J connectivity index is 2.21. The van der Waals surface area contributed by atoms with E-state index in [4.69, 9.17) is 21.4 Å². The molecule has 16 heavy (non-hydrogen) atoms. The molecule has 0 aliphatic carbocycles. The van der Waals surface area contributed by atoms with Gasteiger partial charge in [0.1, 0.15) is 10.9 Å². The highest BCUT2D eigenvalue weighted by molar-refractivity contribution is 7.11. The number of ether oxygens (including phenoxy) is 1. The van der Waals surface area contributed by atoms with E-state index in [0.29, 0.717) is 16.1 Å². The highest BCUT2D eigenvalue weighted by atomic mass is 35.5. The van der Waals surface area contributed by atoms with Crippen LogP contribution >= 0.6 is 22.9 Å². The lowest BCUT2D eigenvalue weighted by atomic mass is 10.2. The van der Waals surface area contributed by atoms with E-state index in [1.54, 1.807) is 17.5 Å². The number of thiazole rings is 1. The number of aromatic carboxylic acids is 1. The van der Waals surface area contributed by atoms with Gasteiger partial charge in [0.25, 0.3) is 5.19 Å². The molecule has 0 fully saturated rings. The summed E-state index contributed by atoms with van der Waals surface area (Å²) in [5.41, 5.74) is 0.167. The van der Waals surface area contributed by atoms with Crippen LogP contribution in [0.2, 0.25) is 5.15 Å². The molecule has 0 amide bonds. The Morgan fingerprint density at radius 3 is 2.94 bits per heavy atom. The van der Waals surface area contributed by atoms with Crippen LogP contribution in [0.1, 0.15) is 10.4 Å². The van der Waals surface area contributed by atoms with E-state index in [-0.39, 0.29) is 5.56 Å². The Kier molecular flexibility index (Phi) is 3.07. The number of rotatable bonds is 3. The van der Waals surface area contributed by atoms with Crippen LogP contribution in [0.5, 0.6) is 10.9 Å². The molecule has 0 unspecified atom stereocenters. The molecule has 4 nitrogen and oxygen atoms in total. The van der Waals surface area contributed by atoms with Gasteiger partial charge >= 0.3 is 5.97 Å². The zero-order chi connectivity index (χ0) is 11.5. The average Bonchev–Trinajstić information content (AvgIpc) is 2.64. The number of hydrogen-bond donors (Lipinski definition) is 1. The summed E-state index contributed by atoms with van der Waals surface area (Å²) in [4.78, 5) is 14.6. The van der Waals surface area contributed by atoms with Crippen LogP contribution in [0.25, 0.3) is 0 Å². The number of nitrogens with zero attached hydrogens (tertiary/aromatic N) is 1. The molecule has 0 atom stereocenters. The standard InChI is InChI=1S/C10H6ClNO3S/c11-8-5-16-10(12-8)15-7-3-1-2-6(4-7)9(13)14/h1-5H,(H,13,14). The van der Waals surface area contributed by atoms with Crippen LogP contribution in [-0.4, -0.2) is 16.1 Å². The topological polar surface area (TPSA) is 59.4 Å². The van der Waals surface area contributed by atoms with Gasteiger partial charge in [0.15, 0.2) is 0 Å². The number of benzene rings is 1. The molecule has 82 valence electrons. The van der Waals surface area contributed by atoms with Crippen LogP contribution in [0, 0.1) is 0 Å². The molecular formula is C10H6ClNO3S. The van der Waals surface area contributed by atoms with E-state index in [9.17, 15) is 4.79 Å². The largest absolute Gasteiger partial charge is 0.478 e. The fourth-order valence-corrected chi connectivity index (χ4v) is 1.89. The maximum atomic E-state index is 10.7. The number of carbonyl (C=O) groups is 1. The van der Waals surface area contributed by atoms with Crippen molar-refractivity contribution in [3.63, 3.8) is 0 Å². The van der Waals surface area contributed by atoms with Gasteiger partial charge in [0, 0.05) is 5.38 Å². The fraction of sp³-hybridized carbons (Fsp3) is 0. The summed E-state index contributed by atoms with van der Waals surface area (Å²) in [7, 11) is 0. The van der Waals surface area contributed by atoms with E-state index in [1.165, 1.54) is 23.5 Å². The van der Waals surface area contributed by atoms with Gasteiger partial charge in [-0.25, -0.2) is 4.79 Å². The molecule has 0 aliphatic heterocycles. The number of aromatic nitrogens is 1. The molecule has 6 heteroatoms. The monoisotopic (exact) mass is 255 g/mol. The second-order valence-electron chi connectivity index (χ2n) is 2.87. The van der Waals surface area contributed by atoms with Gasteiger partial charge in [-0.2, -0.15) is 4.98 Å². The molecule has 1 heterocycles. The van der Waals surface area contributed by atoms with Crippen molar-refractivity contribution in [2.24, 2.45) is 0 Å². The summed E-state index contributed by atoms with van der Waals surface area (Å²) in [6, 6.07) is 6.18. The van der Waals surface area contributed by atoms with Crippen LogP contribution in [0.15, 0.2) is 29.6 Å². The first-order chi connectivity index (χ1) is 7.65. The first kappa shape index (κ1) is 10.9. The van der Waals surface area contributed by atoms with Crippen LogP contribution in [0.4, 0.5) is 0 Å². The maximum Gasteiger partial charge on any atom is 0.335 e. The highest BCUT2D eigenvalue weighted by Crippen LogP contribution is 2.27. The van der Waals surface area contributed by atoms with E-state index in [2.05, 4.69) is 4.98 Å². The van der Waals surface area contributed by atoms with Gasteiger partial charge in [-0.05, 0) is 18.2 Å². The Labute approximate surface area is 100 Å². The van der Waals surface area contributed by atoms with Crippen LogP contribution in [0.3, 0.4) is 0 Å². The molecule has 0 saturated heterocycles. The number of halogens is 1. The fourth-order valence-electron chi connectivity index (χ4n) is 1.08. The lowest BCUT2D eigenvalue weighted by molar-refractivity contribution is 0.0696. The van der Waals surface area contributed by atoms with Crippen molar-refractivity contribution < 1.29 is 14.6 Å². The second-order valence-corrected chi connectivity index (χ2v) is 4.08. The minimum absolute atomic E-state index is 0.167. The Bertz CT molecular complexity index is 526. The summed E-state index contributed by atoms with van der Waals surface area (Å²) in [6.45, 7) is 0. The van der Waals surface area contributed by atoms with Crippen molar-refractivity contribution in [2.75, 3.05) is 0 Å². The Hall–Kier alpha value is -1.59. The van der Waals surface area contributed by atoms with Crippen molar-refractivity contribution in [2.45, 2.75) is 0 Å². The van der Waals surface area contributed by atoms with Gasteiger partial charge in [-0.15, -0.1) is 0 Å². The van der Waals surface area contributed by atoms with Gasteiger partial charge < -0.3 is 9.84 Å². The number of carboxylic acid groups (broad SMARTS) is 1. The predicted molar refractivity (Wildman–Crippen MR) is 60.6 cm³/mol. The zero-order valence-electron chi connectivity index (χ0n) is 7.88. The lowest BCUT2D eigenvalue weighted by Crippen LogP contribution is -1.95. The van der Waals surface area contributed by atoms with Gasteiger partial charge in [0.2, 0.25) is 0 Å². The van der Waals surface area contributed by atoms with E-state index < -0.39 is 5.97 Å².